The summed E-state index contributed by atoms with van der Waals surface area (Å²) in [5, 5.41) is 7.25. The highest BCUT2D eigenvalue weighted by Gasteiger charge is 2.04. The van der Waals surface area contributed by atoms with Crippen LogP contribution in [0.4, 0.5) is 5.95 Å². The fourth-order valence-electron chi connectivity index (χ4n) is 0.882. The van der Waals surface area contributed by atoms with Gasteiger partial charge in [-0.05, 0) is 6.42 Å². The highest BCUT2D eigenvalue weighted by molar-refractivity contribution is 5.22. The van der Waals surface area contributed by atoms with E-state index in [1.54, 1.807) is 7.11 Å². The zero-order valence-corrected chi connectivity index (χ0v) is 9.41. The molecule has 1 aromatic rings. The number of methoxy groups -OCH3 is 1. The van der Waals surface area contributed by atoms with Gasteiger partial charge in [-0.15, -0.1) is 5.10 Å². The molecule has 88 valence electrons. The molecule has 7 nitrogen and oxygen atoms in total. The Kier molecular flexibility index (Phi) is 7.29. The van der Waals surface area contributed by atoms with Crippen LogP contribution in [0.2, 0.25) is 0 Å². The van der Waals surface area contributed by atoms with E-state index in [1.165, 1.54) is 5.01 Å². The molecule has 0 spiro atoms. The van der Waals surface area contributed by atoms with Crippen LogP contribution in [-0.4, -0.2) is 35.4 Å². The predicted molar refractivity (Wildman–Crippen MR) is 58.6 cm³/mol. The third-order valence-electron chi connectivity index (χ3n) is 1.51. The van der Waals surface area contributed by atoms with Crippen molar-refractivity contribution in [3.05, 3.63) is 10.5 Å². The highest BCUT2D eigenvalue weighted by atomic mass is 16.5. The van der Waals surface area contributed by atoms with E-state index in [-0.39, 0.29) is 5.69 Å². The summed E-state index contributed by atoms with van der Waals surface area (Å²) in [6, 6.07) is 0. The summed E-state index contributed by atoms with van der Waals surface area (Å²) in [7, 11) is 1.62. The zero-order chi connectivity index (χ0) is 11.7. The van der Waals surface area contributed by atoms with Gasteiger partial charge >= 0.3 is 5.69 Å². The summed E-state index contributed by atoms with van der Waals surface area (Å²) in [5.41, 5.74) is -0.364. The molecule has 1 heterocycles. The van der Waals surface area contributed by atoms with Crippen LogP contribution in [0.25, 0.3) is 0 Å². The molecule has 0 unspecified atom stereocenters. The Labute approximate surface area is 88.6 Å². The first kappa shape index (κ1) is 13.7. The van der Waals surface area contributed by atoms with Gasteiger partial charge in [0.2, 0.25) is 5.95 Å². The van der Waals surface area contributed by atoms with E-state index in [0.29, 0.717) is 19.1 Å². The van der Waals surface area contributed by atoms with E-state index in [1.807, 2.05) is 13.8 Å². The molecule has 0 aliphatic carbocycles. The molecule has 0 bridgehead atoms. The standard InChI is InChI=1S/C6H13N5O2.C2H6/c1-13-4-2-3-11(7)5-8-6(12)10-9-5;1-2/h2-4,7H2,1H3,(H2,8,9,10,12);1-2H3. The lowest BCUT2D eigenvalue weighted by Gasteiger charge is -2.13. The quantitative estimate of drug-likeness (QED) is 0.361. The number of rotatable bonds is 5. The van der Waals surface area contributed by atoms with Gasteiger partial charge in [0.1, 0.15) is 0 Å². The predicted octanol–water partition coefficient (Wildman–Crippen LogP) is -0.159. The number of aromatic nitrogens is 3. The zero-order valence-electron chi connectivity index (χ0n) is 9.41. The number of nitrogens with one attached hydrogen (secondary N) is 2. The molecule has 4 N–H and O–H groups in total. The molecule has 0 aromatic carbocycles. The molecule has 0 radical (unpaired) electrons. The van der Waals surface area contributed by atoms with E-state index >= 15 is 0 Å². The molecule has 0 saturated heterocycles. The normalized spacial score (nSPS) is 9.33. The van der Waals surface area contributed by atoms with Crippen molar-refractivity contribution in [1.29, 1.82) is 0 Å². The number of nitrogens with zero attached hydrogens (tertiary/aromatic N) is 2. The van der Waals surface area contributed by atoms with Gasteiger partial charge in [-0.3, -0.25) is 9.99 Å². The number of hydrogen-bond acceptors (Lipinski definition) is 5. The number of hydrazine groups is 1. The second-order valence-electron chi connectivity index (χ2n) is 2.54. The monoisotopic (exact) mass is 217 g/mol. The molecule has 0 atom stereocenters. The SMILES string of the molecule is CC.COCCCN(N)c1n[nH]c(=O)[nH]1. The van der Waals surface area contributed by atoms with Crippen LogP contribution in [0.1, 0.15) is 20.3 Å². The van der Waals surface area contributed by atoms with Crippen molar-refractivity contribution in [2.75, 3.05) is 25.3 Å². The Morgan fingerprint density at radius 1 is 1.53 bits per heavy atom. The maximum absolute atomic E-state index is 10.6. The van der Waals surface area contributed by atoms with Crippen molar-refractivity contribution in [2.45, 2.75) is 20.3 Å². The fourth-order valence-corrected chi connectivity index (χ4v) is 0.882. The Hall–Kier alpha value is -1.34. The molecule has 15 heavy (non-hydrogen) atoms. The van der Waals surface area contributed by atoms with Crippen molar-refractivity contribution in [3.63, 3.8) is 0 Å². The van der Waals surface area contributed by atoms with Crippen molar-refractivity contribution in [3.8, 4) is 0 Å². The van der Waals surface area contributed by atoms with Crippen LogP contribution in [0.5, 0.6) is 0 Å². The van der Waals surface area contributed by atoms with E-state index in [0.717, 1.165) is 6.42 Å². The highest BCUT2D eigenvalue weighted by Crippen LogP contribution is 1.96. The van der Waals surface area contributed by atoms with E-state index in [9.17, 15) is 4.79 Å². The Morgan fingerprint density at radius 2 is 2.20 bits per heavy atom. The van der Waals surface area contributed by atoms with Crippen molar-refractivity contribution in [1.82, 2.24) is 15.2 Å². The van der Waals surface area contributed by atoms with Crippen molar-refractivity contribution in [2.24, 2.45) is 5.84 Å². The van der Waals surface area contributed by atoms with Gasteiger partial charge in [-0.2, -0.15) is 0 Å². The minimum atomic E-state index is -0.364. The summed E-state index contributed by atoms with van der Waals surface area (Å²) in [5.74, 6) is 5.91. The molecule has 1 aromatic heterocycles. The molecule has 0 saturated carbocycles. The first-order chi connectivity index (χ1) is 7.24. The lowest BCUT2D eigenvalue weighted by Crippen LogP contribution is -2.33. The molecule has 7 heteroatoms. The third-order valence-corrected chi connectivity index (χ3v) is 1.51. The molecular weight excluding hydrogens is 198 g/mol. The van der Waals surface area contributed by atoms with Crippen LogP contribution in [0, 0.1) is 0 Å². The number of ether oxygens (including phenoxy) is 1. The van der Waals surface area contributed by atoms with Crippen LogP contribution in [-0.2, 0) is 4.74 Å². The summed E-state index contributed by atoms with van der Waals surface area (Å²) in [4.78, 5) is 13.1. The lowest BCUT2D eigenvalue weighted by atomic mass is 10.4. The first-order valence-electron chi connectivity index (χ1n) is 4.90. The summed E-state index contributed by atoms with van der Waals surface area (Å²) in [6.07, 6.45) is 0.780. The Bertz CT molecular complexity index is 295. The topological polar surface area (TPSA) is 100 Å². The smallest absolute Gasteiger partial charge is 0.342 e. The second kappa shape index (κ2) is 8.01. The number of H-pyrrole nitrogens is 2. The second-order valence-corrected chi connectivity index (χ2v) is 2.54. The van der Waals surface area contributed by atoms with E-state index in [2.05, 4.69) is 15.2 Å². The Balaban J connectivity index is 0.000000921. The molecular formula is C8H19N5O2. The van der Waals surface area contributed by atoms with Gasteiger partial charge in [-0.25, -0.2) is 15.7 Å². The molecule has 1 rings (SSSR count). The van der Waals surface area contributed by atoms with Crippen LogP contribution in [0.15, 0.2) is 4.79 Å². The van der Waals surface area contributed by atoms with Gasteiger partial charge < -0.3 is 4.74 Å². The number of anilines is 1. The number of hydrogen-bond donors (Lipinski definition) is 3. The van der Waals surface area contributed by atoms with E-state index < -0.39 is 0 Å². The summed E-state index contributed by atoms with van der Waals surface area (Å²) < 4.78 is 4.85. The van der Waals surface area contributed by atoms with Crippen molar-refractivity contribution < 1.29 is 4.74 Å². The van der Waals surface area contributed by atoms with Gasteiger partial charge in [0.05, 0.1) is 0 Å². The van der Waals surface area contributed by atoms with Crippen LogP contribution in [0.3, 0.4) is 0 Å². The molecule has 0 fully saturated rings. The lowest BCUT2D eigenvalue weighted by molar-refractivity contribution is 0.196. The van der Waals surface area contributed by atoms with Gasteiger partial charge in [0, 0.05) is 20.3 Å². The third kappa shape index (κ3) is 5.18. The summed E-state index contributed by atoms with van der Waals surface area (Å²) in [6.45, 7) is 5.21. The van der Waals surface area contributed by atoms with Gasteiger partial charge in [-0.1, -0.05) is 13.8 Å². The maximum atomic E-state index is 10.6. The molecule has 0 amide bonds. The number of aromatic amines is 2. The molecule has 0 aliphatic rings. The maximum Gasteiger partial charge on any atom is 0.342 e. The van der Waals surface area contributed by atoms with Gasteiger partial charge in [0.15, 0.2) is 0 Å². The van der Waals surface area contributed by atoms with Crippen LogP contribution < -0.4 is 16.5 Å². The molecule has 0 aliphatic heterocycles. The summed E-state index contributed by atoms with van der Waals surface area (Å²) >= 11 is 0. The Morgan fingerprint density at radius 3 is 2.67 bits per heavy atom. The van der Waals surface area contributed by atoms with Gasteiger partial charge in [0.25, 0.3) is 0 Å². The minimum absolute atomic E-state index is 0.334. The first-order valence-corrected chi connectivity index (χ1v) is 4.90. The van der Waals surface area contributed by atoms with Crippen LogP contribution >= 0.6 is 0 Å². The van der Waals surface area contributed by atoms with E-state index in [4.69, 9.17) is 10.6 Å². The average molecular weight is 217 g/mol. The minimum Gasteiger partial charge on any atom is -0.385 e. The van der Waals surface area contributed by atoms with Crippen molar-refractivity contribution >= 4 is 5.95 Å². The average Bonchev–Trinajstić information content (AvgIpc) is 2.68. The number of nitrogens with two attached hydrogens (primary N) is 1. The fraction of sp³-hybridized carbons (Fsp3) is 0.750. The largest absolute Gasteiger partial charge is 0.385 e.